The van der Waals surface area contributed by atoms with Gasteiger partial charge in [-0.15, -0.1) is 0 Å². The van der Waals surface area contributed by atoms with Crippen molar-refractivity contribution in [2.45, 2.75) is 38.0 Å². The number of hydrogen-bond acceptors (Lipinski definition) is 6. The van der Waals surface area contributed by atoms with Crippen LogP contribution in [0.3, 0.4) is 0 Å². The molecule has 0 unspecified atom stereocenters. The second-order valence-corrected chi connectivity index (χ2v) is 11.3. The fraction of sp³-hybridized carbons (Fsp3) is 0.269. The van der Waals surface area contributed by atoms with Crippen LogP contribution in [0.25, 0.3) is 0 Å². The van der Waals surface area contributed by atoms with Crippen LogP contribution in [0.15, 0.2) is 53.4 Å². The van der Waals surface area contributed by atoms with Crippen LogP contribution in [0.4, 0.5) is 11.5 Å². The zero-order chi connectivity index (χ0) is 26.8. The third-order valence-corrected chi connectivity index (χ3v) is 7.40. The first-order valence-electron chi connectivity index (χ1n) is 11.0. The molecule has 3 rings (SSSR count). The van der Waals surface area contributed by atoms with Crippen LogP contribution in [0.1, 0.15) is 52.7 Å². The second-order valence-electron chi connectivity index (χ2n) is 9.20. The maximum atomic E-state index is 13.5. The van der Waals surface area contributed by atoms with Crippen molar-refractivity contribution in [1.82, 2.24) is 4.98 Å². The fourth-order valence-corrected chi connectivity index (χ4v) is 4.85. The Bertz CT molecular complexity index is 1410. The molecule has 0 saturated heterocycles. The number of halogens is 1. The van der Waals surface area contributed by atoms with E-state index in [0.717, 1.165) is 5.56 Å². The Morgan fingerprint density at radius 2 is 1.72 bits per heavy atom. The zero-order valence-corrected chi connectivity index (χ0v) is 22.5. The SMILES string of the molecule is COc1ccc(N(C)C(=O)c2c(NS(=O)(=O)c3ccc(C(C)(C)C)cc3)ccc(Cl)c2C=O)nc1C. The number of aryl methyl sites for hydroxylation is 1. The number of sulfonamides is 1. The predicted octanol–water partition coefficient (Wildman–Crippen LogP) is 5.24. The smallest absolute Gasteiger partial charge is 0.262 e. The number of anilines is 2. The van der Waals surface area contributed by atoms with E-state index in [1.165, 1.54) is 43.3 Å². The van der Waals surface area contributed by atoms with Crippen LogP contribution < -0.4 is 14.4 Å². The summed E-state index contributed by atoms with van der Waals surface area (Å²) in [5.74, 6) is 0.154. The number of aldehydes is 1. The molecule has 0 fully saturated rings. The molecule has 0 atom stereocenters. The van der Waals surface area contributed by atoms with E-state index in [4.69, 9.17) is 16.3 Å². The van der Waals surface area contributed by atoms with Gasteiger partial charge in [-0.2, -0.15) is 0 Å². The van der Waals surface area contributed by atoms with Crippen molar-refractivity contribution >= 4 is 45.3 Å². The minimum atomic E-state index is -4.09. The van der Waals surface area contributed by atoms with Gasteiger partial charge in [-0.3, -0.25) is 19.2 Å². The molecule has 0 spiro atoms. The molecule has 10 heteroatoms. The van der Waals surface area contributed by atoms with Gasteiger partial charge >= 0.3 is 0 Å². The first-order valence-corrected chi connectivity index (χ1v) is 12.9. The Kier molecular flexibility index (Phi) is 7.76. The van der Waals surface area contributed by atoms with Crippen LogP contribution in [-0.4, -0.2) is 39.8 Å². The Labute approximate surface area is 216 Å². The Morgan fingerprint density at radius 1 is 1.08 bits per heavy atom. The Balaban J connectivity index is 2.05. The van der Waals surface area contributed by atoms with Crippen molar-refractivity contribution in [3.05, 3.63) is 75.9 Å². The summed E-state index contributed by atoms with van der Waals surface area (Å²) in [5.41, 5.74) is 0.964. The summed E-state index contributed by atoms with van der Waals surface area (Å²) in [6.07, 6.45) is 0.423. The van der Waals surface area contributed by atoms with E-state index < -0.39 is 15.9 Å². The number of aromatic nitrogens is 1. The fourth-order valence-electron chi connectivity index (χ4n) is 3.57. The molecule has 190 valence electrons. The topological polar surface area (TPSA) is 106 Å². The average molecular weight is 530 g/mol. The Morgan fingerprint density at radius 3 is 2.25 bits per heavy atom. The summed E-state index contributed by atoms with van der Waals surface area (Å²) < 4.78 is 34.0. The summed E-state index contributed by atoms with van der Waals surface area (Å²) in [4.78, 5) is 31.0. The molecule has 1 aromatic heterocycles. The van der Waals surface area contributed by atoms with E-state index in [2.05, 4.69) is 9.71 Å². The van der Waals surface area contributed by atoms with E-state index in [0.29, 0.717) is 17.7 Å². The standard InChI is InChI=1S/C26H28ClN3O5S/c1-16-22(35-6)13-14-23(28-16)30(5)25(32)24-19(15-31)20(27)11-12-21(24)29-36(33,34)18-9-7-17(8-10-18)26(2,3)4/h7-15,29H,1-6H3. The van der Waals surface area contributed by atoms with Crippen molar-refractivity contribution in [2.24, 2.45) is 0 Å². The number of nitrogens with zero attached hydrogens (tertiary/aromatic N) is 2. The van der Waals surface area contributed by atoms with Crippen LogP contribution in [-0.2, 0) is 15.4 Å². The van der Waals surface area contributed by atoms with Gasteiger partial charge in [0.25, 0.3) is 15.9 Å². The number of methoxy groups -OCH3 is 1. The van der Waals surface area contributed by atoms with Crippen LogP contribution >= 0.6 is 11.6 Å². The average Bonchev–Trinajstić information content (AvgIpc) is 2.83. The maximum absolute atomic E-state index is 13.5. The van der Waals surface area contributed by atoms with Gasteiger partial charge in [-0.05, 0) is 54.3 Å². The number of pyridine rings is 1. The minimum absolute atomic E-state index is 0.0114. The van der Waals surface area contributed by atoms with Crippen LogP contribution in [0.5, 0.6) is 5.75 Å². The second kappa shape index (κ2) is 10.3. The number of ether oxygens (including phenoxy) is 1. The lowest BCUT2D eigenvalue weighted by Crippen LogP contribution is -2.30. The van der Waals surface area contributed by atoms with Gasteiger partial charge in [0.2, 0.25) is 0 Å². The molecule has 8 nitrogen and oxygen atoms in total. The third-order valence-electron chi connectivity index (χ3n) is 5.69. The van der Waals surface area contributed by atoms with E-state index in [1.807, 2.05) is 20.8 Å². The quantitative estimate of drug-likeness (QED) is 0.419. The monoisotopic (exact) mass is 529 g/mol. The summed E-state index contributed by atoms with van der Waals surface area (Å²) in [7, 11) is -1.11. The van der Waals surface area contributed by atoms with Crippen molar-refractivity contribution < 1.29 is 22.7 Å². The number of nitrogens with one attached hydrogen (secondary N) is 1. The van der Waals surface area contributed by atoms with Gasteiger partial charge in [-0.1, -0.05) is 44.5 Å². The molecule has 0 aliphatic rings. The maximum Gasteiger partial charge on any atom is 0.262 e. The lowest BCUT2D eigenvalue weighted by atomic mass is 9.87. The number of hydrogen-bond donors (Lipinski definition) is 1. The van der Waals surface area contributed by atoms with Gasteiger partial charge in [0.15, 0.2) is 6.29 Å². The summed E-state index contributed by atoms with van der Waals surface area (Å²) >= 11 is 6.20. The summed E-state index contributed by atoms with van der Waals surface area (Å²) in [5, 5.41) is 0.0121. The van der Waals surface area contributed by atoms with E-state index in [1.54, 1.807) is 31.2 Å². The summed E-state index contributed by atoms with van der Waals surface area (Å²) in [6, 6.07) is 12.4. The molecular formula is C26H28ClN3O5S. The lowest BCUT2D eigenvalue weighted by Gasteiger charge is -2.22. The van der Waals surface area contributed by atoms with Gasteiger partial charge in [0, 0.05) is 12.6 Å². The zero-order valence-electron chi connectivity index (χ0n) is 20.9. The summed E-state index contributed by atoms with van der Waals surface area (Å²) in [6.45, 7) is 7.80. The Hall–Kier alpha value is -3.43. The van der Waals surface area contributed by atoms with Crippen LogP contribution in [0, 0.1) is 6.92 Å². The number of rotatable bonds is 7. The molecule has 0 radical (unpaired) electrons. The molecule has 0 bridgehead atoms. The molecule has 1 heterocycles. The van der Waals surface area contributed by atoms with Crippen LogP contribution in [0.2, 0.25) is 5.02 Å². The first-order chi connectivity index (χ1) is 16.8. The number of carbonyl (C=O) groups is 2. The molecule has 0 saturated carbocycles. The predicted molar refractivity (Wildman–Crippen MR) is 141 cm³/mol. The van der Waals surface area contributed by atoms with Gasteiger partial charge < -0.3 is 4.74 Å². The number of carbonyl (C=O) groups excluding carboxylic acids is 2. The van der Waals surface area contributed by atoms with Crippen molar-refractivity contribution in [3.8, 4) is 5.75 Å². The van der Waals surface area contributed by atoms with Gasteiger partial charge in [0.1, 0.15) is 11.6 Å². The number of benzene rings is 2. The minimum Gasteiger partial charge on any atom is -0.495 e. The highest BCUT2D eigenvalue weighted by Gasteiger charge is 2.27. The molecule has 0 aliphatic heterocycles. The molecule has 1 amide bonds. The molecule has 3 aromatic rings. The molecule has 2 aromatic carbocycles. The molecular weight excluding hydrogens is 502 g/mol. The highest BCUT2D eigenvalue weighted by Crippen LogP contribution is 2.31. The lowest BCUT2D eigenvalue weighted by molar-refractivity contribution is 0.0986. The van der Waals surface area contributed by atoms with Crippen molar-refractivity contribution in [3.63, 3.8) is 0 Å². The van der Waals surface area contributed by atoms with E-state index in [-0.39, 0.29) is 38.0 Å². The molecule has 1 N–H and O–H groups in total. The molecule has 36 heavy (non-hydrogen) atoms. The van der Waals surface area contributed by atoms with Crippen molar-refractivity contribution in [2.75, 3.05) is 23.8 Å². The highest BCUT2D eigenvalue weighted by molar-refractivity contribution is 7.92. The van der Waals surface area contributed by atoms with E-state index >= 15 is 0 Å². The number of amides is 1. The highest BCUT2D eigenvalue weighted by atomic mass is 35.5. The largest absolute Gasteiger partial charge is 0.495 e. The van der Waals surface area contributed by atoms with Gasteiger partial charge in [-0.25, -0.2) is 13.4 Å². The van der Waals surface area contributed by atoms with Gasteiger partial charge in [0.05, 0.1) is 34.0 Å². The third kappa shape index (κ3) is 5.52. The normalized spacial score (nSPS) is 11.6. The first kappa shape index (κ1) is 27.2. The van der Waals surface area contributed by atoms with Crippen molar-refractivity contribution in [1.29, 1.82) is 0 Å². The molecule has 0 aliphatic carbocycles. The van der Waals surface area contributed by atoms with E-state index in [9.17, 15) is 18.0 Å².